The minimum atomic E-state index is -3.77. The number of amides is 1. The van der Waals surface area contributed by atoms with Crippen LogP contribution in [0.25, 0.3) is 0 Å². The molecule has 0 aliphatic heterocycles. The smallest absolute Gasteiger partial charge is 0.243 e. The molecule has 0 aromatic heterocycles. The topological polar surface area (TPSA) is 66.5 Å². The van der Waals surface area contributed by atoms with Crippen LogP contribution >= 0.6 is 15.9 Å². The maximum atomic E-state index is 13.4. The average Bonchev–Trinajstić information content (AvgIpc) is 2.70. The highest BCUT2D eigenvalue weighted by molar-refractivity contribution is 9.10. The number of carbonyl (C=O) groups excluding carboxylic acids is 1. The molecule has 0 bridgehead atoms. The van der Waals surface area contributed by atoms with Gasteiger partial charge in [0.05, 0.1) is 11.4 Å². The SMILES string of the molecule is Cc1ccc(NC(=O)CN(C2CCCCC2)S(=O)(=O)c2ccc(Br)cc2)cc1C. The van der Waals surface area contributed by atoms with Gasteiger partial charge in [-0.3, -0.25) is 4.79 Å². The van der Waals surface area contributed by atoms with Crippen LogP contribution in [0, 0.1) is 13.8 Å². The van der Waals surface area contributed by atoms with E-state index in [1.165, 1.54) is 4.31 Å². The molecule has 0 atom stereocenters. The van der Waals surface area contributed by atoms with Crippen molar-refractivity contribution in [3.05, 3.63) is 58.1 Å². The summed E-state index contributed by atoms with van der Waals surface area (Å²) >= 11 is 3.34. The van der Waals surface area contributed by atoms with E-state index in [2.05, 4.69) is 21.2 Å². The van der Waals surface area contributed by atoms with Crippen molar-refractivity contribution in [1.82, 2.24) is 4.31 Å². The normalized spacial score (nSPS) is 15.4. The zero-order chi connectivity index (χ0) is 21.0. The molecule has 0 saturated heterocycles. The number of nitrogens with zero attached hydrogens (tertiary/aromatic N) is 1. The molecule has 0 heterocycles. The second-order valence-corrected chi connectivity index (χ2v) is 10.4. The van der Waals surface area contributed by atoms with Gasteiger partial charge in [-0.1, -0.05) is 41.3 Å². The fourth-order valence-electron chi connectivity index (χ4n) is 3.68. The Hall–Kier alpha value is -1.70. The molecule has 2 aromatic rings. The Bertz CT molecular complexity index is 968. The molecular weight excluding hydrogens is 452 g/mol. The number of halogens is 1. The number of hydrogen-bond donors (Lipinski definition) is 1. The van der Waals surface area contributed by atoms with E-state index in [0.29, 0.717) is 5.69 Å². The first-order valence-corrected chi connectivity index (χ1v) is 12.2. The molecule has 1 aliphatic carbocycles. The Kier molecular flexibility index (Phi) is 7.14. The molecule has 1 N–H and O–H groups in total. The van der Waals surface area contributed by atoms with Gasteiger partial charge >= 0.3 is 0 Å². The van der Waals surface area contributed by atoms with E-state index >= 15 is 0 Å². The van der Waals surface area contributed by atoms with Gasteiger partial charge in [-0.2, -0.15) is 4.31 Å². The van der Waals surface area contributed by atoms with Gasteiger partial charge in [0.25, 0.3) is 0 Å². The van der Waals surface area contributed by atoms with E-state index < -0.39 is 10.0 Å². The summed E-state index contributed by atoms with van der Waals surface area (Å²) < 4.78 is 28.9. The number of anilines is 1. The summed E-state index contributed by atoms with van der Waals surface area (Å²) in [5, 5.41) is 2.86. The van der Waals surface area contributed by atoms with E-state index in [-0.39, 0.29) is 23.4 Å². The first-order chi connectivity index (χ1) is 13.8. The van der Waals surface area contributed by atoms with Gasteiger partial charge < -0.3 is 5.32 Å². The predicted octanol–water partition coefficient (Wildman–Crippen LogP) is 5.03. The summed E-state index contributed by atoms with van der Waals surface area (Å²) in [6, 6.07) is 12.1. The monoisotopic (exact) mass is 478 g/mol. The Labute approximate surface area is 181 Å². The van der Waals surface area contributed by atoms with Crippen LogP contribution in [0.5, 0.6) is 0 Å². The van der Waals surface area contributed by atoms with Crippen molar-refractivity contribution in [2.24, 2.45) is 0 Å². The highest BCUT2D eigenvalue weighted by Crippen LogP contribution is 2.28. The third kappa shape index (κ3) is 5.47. The third-order valence-corrected chi connectivity index (χ3v) is 7.93. The van der Waals surface area contributed by atoms with Gasteiger partial charge in [0.15, 0.2) is 0 Å². The van der Waals surface area contributed by atoms with Crippen LogP contribution in [0.2, 0.25) is 0 Å². The van der Waals surface area contributed by atoms with Crippen LogP contribution in [-0.4, -0.2) is 31.2 Å². The number of aryl methyl sites for hydroxylation is 2. The lowest BCUT2D eigenvalue weighted by Gasteiger charge is -2.33. The molecule has 0 spiro atoms. The Morgan fingerprint density at radius 1 is 1.03 bits per heavy atom. The fourth-order valence-corrected chi connectivity index (χ4v) is 5.59. The van der Waals surface area contributed by atoms with Crippen LogP contribution in [0.1, 0.15) is 43.2 Å². The van der Waals surface area contributed by atoms with Crippen molar-refractivity contribution in [2.75, 3.05) is 11.9 Å². The van der Waals surface area contributed by atoms with E-state index in [9.17, 15) is 13.2 Å². The molecule has 1 aliphatic rings. The first kappa shape index (κ1) is 22.0. The zero-order valence-electron chi connectivity index (χ0n) is 16.8. The van der Waals surface area contributed by atoms with Crippen LogP contribution < -0.4 is 5.32 Å². The Balaban J connectivity index is 1.84. The lowest BCUT2D eigenvalue weighted by atomic mass is 9.95. The van der Waals surface area contributed by atoms with Crippen LogP contribution in [0.15, 0.2) is 51.8 Å². The maximum absolute atomic E-state index is 13.4. The second-order valence-electron chi connectivity index (χ2n) is 7.64. The van der Waals surface area contributed by atoms with Gasteiger partial charge in [0, 0.05) is 16.2 Å². The molecule has 29 heavy (non-hydrogen) atoms. The van der Waals surface area contributed by atoms with Crippen molar-refractivity contribution in [1.29, 1.82) is 0 Å². The molecule has 0 radical (unpaired) electrons. The predicted molar refractivity (Wildman–Crippen MR) is 119 cm³/mol. The van der Waals surface area contributed by atoms with E-state index in [1.807, 2.05) is 32.0 Å². The highest BCUT2D eigenvalue weighted by atomic mass is 79.9. The Morgan fingerprint density at radius 2 is 1.69 bits per heavy atom. The second kappa shape index (κ2) is 9.41. The molecule has 7 heteroatoms. The summed E-state index contributed by atoms with van der Waals surface area (Å²) in [5.74, 6) is -0.320. The quantitative estimate of drug-likeness (QED) is 0.632. The first-order valence-electron chi connectivity index (χ1n) is 9.92. The number of benzene rings is 2. The lowest BCUT2D eigenvalue weighted by Crippen LogP contribution is -2.45. The maximum Gasteiger partial charge on any atom is 0.243 e. The fraction of sp³-hybridized carbons (Fsp3) is 0.409. The molecule has 5 nitrogen and oxygen atoms in total. The van der Waals surface area contributed by atoms with Crippen LogP contribution in [0.4, 0.5) is 5.69 Å². The van der Waals surface area contributed by atoms with Gasteiger partial charge in [-0.05, 0) is 74.2 Å². The zero-order valence-corrected chi connectivity index (χ0v) is 19.2. The average molecular weight is 479 g/mol. The summed E-state index contributed by atoms with van der Waals surface area (Å²) in [5.41, 5.74) is 2.90. The standard InChI is InChI=1S/C22H27BrN2O3S/c1-16-8-11-19(14-17(16)2)24-22(26)15-25(20-6-4-3-5-7-20)29(27,28)21-12-9-18(23)10-13-21/h8-14,20H,3-7,15H2,1-2H3,(H,24,26). The van der Waals surface area contributed by atoms with Crippen molar-refractivity contribution >= 4 is 37.5 Å². The summed E-state index contributed by atoms with van der Waals surface area (Å²) in [7, 11) is -3.77. The largest absolute Gasteiger partial charge is 0.325 e. The molecule has 156 valence electrons. The molecular formula is C22H27BrN2O3S. The van der Waals surface area contributed by atoms with E-state index in [1.54, 1.807) is 24.3 Å². The highest BCUT2D eigenvalue weighted by Gasteiger charge is 2.34. The number of carbonyl (C=O) groups is 1. The molecule has 1 saturated carbocycles. The molecule has 3 rings (SSSR count). The Morgan fingerprint density at radius 3 is 2.31 bits per heavy atom. The third-order valence-electron chi connectivity index (χ3n) is 5.49. The van der Waals surface area contributed by atoms with Crippen LogP contribution in [-0.2, 0) is 14.8 Å². The summed E-state index contributed by atoms with van der Waals surface area (Å²) in [4.78, 5) is 13.0. The number of sulfonamides is 1. The van der Waals surface area contributed by atoms with Crippen molar-refractivity contribution in [3.63, 3.8) is 0 Å². The number of hydrogen-bond acceptors (Lipinski definition) is 3. The number of rotatable bonds is 6. The lowest BCUT2D eigenvalue weighted by molar-refractivity contribution is -0.116. The van der Waals surface area contributed by atoms with Gasteiger partial charge in [-0.25, -0.2) is 8.42 Å². The van der Waals surface area contributed by atoms with E-state index in [4.69, 9.17) is 0 Å². The summed E-state index contributed by atoms with van der Waals surface area (Å²) in [6.07, 6.45) is 4.64. The number of nitrogens with one attached hydrogen (secondary N) is 1. The van der Waals surface area contributed by atoms with Gasteiger partial charge in [-0.15, -0.1) is 0 Å². The van der Waals surface area contributed by atoms with Crippen LogP contribution in [0.3, 0.4) is 0 Å². The van der Waals surface area contributed by atoms with Gasteiger partial charge in [0.1, 0.15) is 0 Å². The van der Waals surface area contributed by atoms with Gasteiger partial charge in [0.2, 0.25) is 15.9 Å². The molecule has 1 fully saturated rings. The molecule has 2 aromatic carbocycles. The van der Waals surface area contributed by atoms with Crippen molar-refractivity contribution in [3.8, 4) is 0 Å². The molecule has 1 amide bonds. The minimum absolute atomic E-state index is 0.150. The van der Waals surface area contributed by atoms with Crippen molar-refractivity contribution < 1.29 is 13.2 Å². The minimum Gasteiger partial charge on any atom is -0.325 e. The molecule has 0 unspecified atom stereocenters. The van der Waals surface area contributed by atoms with Crippen molar-refractivity contribution in [2.45, 2.75) is 56.9 Å². The van der Waals surface area contributed by atoms with E-state index in [0.717, 1.165) is 47.7 Å². The summed E-state index contributed by atoms with van der Waals surface area (Å²) in [6.45, 7) is 3.81.